The molecule has 6 heteroatoms. The van der Waals surface area contributed by atoms with Crippen LogP contribution < -0.4 is 5.32 Å². The number of halogens is 1. The third-order valence-electron chi connectivity index (χ3n) is 7.08. The molecule has 3 aliphatic rings. The number of fused-ring (bicyclic) bond motifs is 4. The summed E-state index contributed by atoms with van der Waals surface area (Å²) in [6.45, 7) is 2.22. The van der Waals surface area contributed by atoms with E-state index < -0.39 is 17.1 Å². The summed E-state index contributed by atoms with van der Waals surface area (Å²) in [4.78, 5) is 25.4. The van der Waals surface area contributed by atoms with Gasteiger partial charge in [0.15, 0.2) is 5.60 Å². The monoisotopic (exact) mass is 493 g/mol. The van der Waals surface area contributed by atoms with Gasteiger partial charge in [0.05, 0.1) is 17.7 Å². The Morgan fingerprint density at radius 3 is 2.38 bits per heavy atom. The Hall–Kier alpha value is -2.70. The average molecular weight is 494 g/mol. The number of carbonyl (C=O) groups is 2. The van der Waals surface area contributed by atoms with Gasteiger partial charge in [-0.3, -0.25) is 4.79 Å². The lowest BCUT2D eigenvalue weighted by Crippen LogP contribution is -2.65. The van der Waals surface area contributed by atoms with Crippen molar-refractivity contribution in [1.29, 1.82) is 0 Å². The zero-order chi connectivity index (χ0) is 22.5. The van der Waals surface area contributed by atoms with Crippen LogP contribution >= 0.6 is 15.9 Å². The molecule has 2 heterocycles. The van der Waals surface area contributed by atoms with Crippen molar-refractivity contribution in [3.8, 4) is 11.1 Å². The van der Waals surface area contributed by atoms with E-state index in [0.717, 1.165) is 31.9 Å². The first-order valence-corrected chi connectivity index (χ1v) is 11.6. The number of carboxylic acids is 1. The van der Waals surface area contributed by atoms with Crippen LogP contribution in [-0.4, -0.2) is 34.7 Å². The second-order valence-electron chi connectivity index (χ2n) is 8.98. The molecule has 2 saturated heterocycles. The maximum atomic E-state index is 13.7. The van der Waals surface area contributed by atoms with Crippen molar-refractivity contribution in [3.63, 3.8) is 0 Å². The van der Waals surface area contributed by atoms with Gasteiger partial charge in [0.1, 0.15) is 0 Å². The highest BCUT2D eigenvalue weighted by Crippen LogP contribution is 2.44. The van der Waals surface area contributed by atoms with E-state index in [2.05, 4.69) is 39.4 Å². The summed E-state index contributed by atoms with van der Waals surface area (Å²) in [5.41, 5.74) is 2.04. The number of nitrogens with one attached hydrogen (secondary N) is 1. The number of hydrogen-bond donors (Lipinski definition) is 2. The van der Waals surface area contributed by atoms with E-state index in [0.29, 0.717) is 31.2 Å². The molecule has 164 valence electrons. The maximum Gasteiger partial charge on any atom is 0.335 e. The largest absolute Gasteiger partial charge is 0.479 e. The molecule has 0 aromatic heterocycles. The molecule has 2 bridgehead atoms. The Labute approximate surface area is 194 Å². The van der Waals surface area contributed by atoms with Crippen molar-refractivity contribution >= 4 is 38.6 Å². The van der Waals surface area contributed by atoms with Crippen molar-refractivity contribution < 1.29 is 19.4 Å². The molecule has 0 radical (unpaired) electrons. The van der Waals surface area contributed by atoms with Crippen LogP contribution in [0.4, 0.5) is 0 Å². The van der Waals surface area contributed by atoms with E-state index in [9.17, 15) is 14.7 Å². The Morgan fingerprint density at radius 1 is 1.03 bits per heavy atom. The molecule has 6 rings (SSSR count). The van der Waals surface area contributed by atoms with Crippen molar-refractivity contribution in [2.45, 2.75) is 43.7 Å². The lowest BCUT2D eigenvalue weighted by atomic mass is 9.71. The molecule has 5 nitrogen and oxygen atoms in total. The van der Waals surface area contributed by atoms with Gasteiger partial charge in [0, 0.05) is 4.47 Å². The van der Waals surface area contributed by atoms with Gasteiger partial charge in [0.2, 0.25) is 0 Å². The Bertz CT molecular complexity index is 1210. The number of amides is 1. The van der Waals surface area contributed by atoms with Gasteiger partial charge in [-0.05, 0) is 78.3 Å². The van der Waals surface area contributed by atoms with E-state index in [1.807, 2.05) is 43.3 Å². The van der Waals surface area contributed by atoms with Crippen molar-refractivity contribution in [2.75, 3.05) is 6.61 Å². The fourth-order valence-corrected chi connectivity index (χ4v) is 5.48. The van der Waals surface area contributed by atoms with Crippen molar-refractivity contribution in [3.05, 3.63) is 70.2 Å². The Morgan fingerprint density at radius 2 is 1.75 bits per heavy atom. The summed E-state index contributed by atoms with van der Waals surface area (Å²) in [7, 11) is 0. The van der Waals surface area contributed by atoms with Crippen LogP contribution in [0.5, 0.6) is 0 Å². The molecule has 1 aliphatic carbocycles. The third-order valence-corrected chi connectivity index (χ3v) is 7.58. The minimum absolute atomic E-state index is 0.142. The fraction of sp³-hybridized carbons (Fsp3) is 0.308. The number of rotatable bonds is 4. The molecule has 3 fully saturated rings. The molecular formula is C26H24BrNO4. The van der Waals surface area contributed by atoms with Crippen LogP contribution in [0.2, 0.25) is 0 Å². The number of hydrogen-bond acceptors (Lipinski definition) is 3. The minimum atomic E-state index is -1.09. The molecule has 0 atom stereocenters. The molecule has 1 saturated carbocycles. The van der Waals surface area contributed by atoms with Crippen LogP contribution in [-0.2, 0) is 9.53 Å². The SMILES string of the molecule is Cc1c(-c2ccccc2)cc2ccc(Br)cc2c1C(=O)NC12CCC(C(=O)O)(CC1)OC2. The summed E-state index contributed by atoms with van der Waals surface area (Å²) in [6, 6.07) is 18.2. The van der Waals surface area contributed by atoms with Crippen LogP contribution in [0.25, 0.3) is 21.9 Å². The van der Waals surface area contributed by atoms with Crippen molar-refractivity contribution in [2.24, 2.45) is 0 Å². The summed E-state index contributed by atoms with van der Waals surface area (Å²) in [5.74, 6) is -1.05. The summed E-state index contributed by atoms with van der Waals surface area (Å²) < 4.78 is 6.69. The van der Waals surface area contributed by atoms with Gasteiger partial charge in [0.25, 0.3) is 5.91 Å². The van der Waals surface area contributed by atoms with E-state index in [1.165, 1.54) is 0 Å². The Balaban J connectivity index is 1.56. The summed E-state index contributed by atoms with van der Waals surface area (Å²) in [6.07, 6.45) is 2.03. The van der Waals surface area contributed by atoms with Crippen LogP contribution in [0.15, 0.2) is 59.1 Å². The minimum Gasteiger partial charge on any atom is -0.479 e. The molecule has 3 aromatic carbocycles. The van der Waals surface area contributed by atoms with E-state index in [-0.39, 0.29) is 12.5 Å². The number of carboxylic acid groups (broad SMARTS) is 1. The first kappa shape index (κ1) is 21.2. The highest BCUT2D eigenvalue weighted by Gasteiger charge is 2.54. The smallest absolute Gasteiger partial charge is 0.335 e. The zero-order valence-electron chi connectivity index (χ0n) is 17.8. The summed E-state index contributed by atoms with van der Waals surface area (Å²) >= 11 is 3.54. The topological polar surface area (TPSA) is 75.6 Å². The van der Waals surface area contributed by atoms with E-state index in [1.54, 1.807) is 0 Å². The number of carbonyl (C=O) groups excluding carboxylic acids is 1. The first-order valence-electron chi connectivity index (χ1n) is 10.8. The van der Waals surface area contributed by atoms with Gasteiger partial charge in [-0.15, -0.1) is 0 Å². The van der Waals surface area contributed by atoms with Gasteiger partial charge in [-0.25, -0.2) is 4.79 Å². The first-order chi connectivity index (χ1) is 15.3. The standard InChI is InChI=1S/C26H24BrNO4/c1-16-20(17-5-3-2-4-6-17)13-18-7-8-19(27)14-21(18)22(16)23(29)28-25-9-11-26(12-10-25,24(30)31)32-15-25/h2-8,13-14H,9-12,15H2,1H3,(H,28,29)(H,30,31). The predicted molar refractivity (Wildman–Crippen MR) is 127 cm³/mol. The molecule has 0 spiro atoms. The van der Waals surface area contributed by atoms with E-state index >= 15 is 0 Å². The lowest BCUT2D eigenvalue weighted by Gasteiger charge is -2.51. The molecule has 2 N–H and O–H groups in total. The third kappa shape index (κ3) is 3.42. The molecule has 2 aliphatic heterocycles. The summed E-state index contributed by atoms with van der Waals surface area (Å²) in [5, 5.41) is 14.7. The molecular weight excluding hydrogens is 470 g/mol. The zero-order valence-corrected chi connectivity index (χ0v) is 19.4. The van der Waals surface area contributed by atoms with E-state index in [4.69, 9.17) is 4.74 Å². The second kappa shape index (κ2) is 7.71. The highest BCUT2D eigenvalue weighted by molar-refractivity contribution is 9.10. The van der Waals surface area contributed by atoms with Gasteiger partial charge >= 0.3 is 5.97 Å². The molecule has 1 amide bonds. The predicted octanol–water partition coefficient (Wildman–Crippen LogP) is 5.47. The number of benzene rings is 3. The normalized spacial score (nSPS) is 24.4. The average Bonchev–Trinajstić information content (AvgIpc) is 2.80. The van der Waals surface area contributed by atoms with Gasteiger partial charge < -0.3 is 15.2 Å². The number of ether oxygens (including phenoxy) is 1. The van der Waals surface area contributed by atoms with Gasteiger partial charge in [-0.2, -0.15) is 0 Å². The van der Waals surface area contributed by atoms with Crippen molar-refractivity contribution in [1.82, 2.24) is 5.32 Å². The molecule has 32 heavy (non-hydrogen) atoms. The van der Waals surface area contributed by atoms with Crippen LogP contribution in [0, 0.1) is 6.92 Å². The van der Waals surface area contributed by atoms with Crippen LogP contribution in [0.1, 0.15) is 41.6 Å². The van der Waals surface area contributed by atoms with Crippen LogP contribution in [0.3, 0.4) is 0 Å². The molecule has 0 unspecified atom stereocenters. The number of aliphatic carboxylic acids is 1. The fourth-order valence-electron chi connectivity index (χ4n) is 5.12. The second-order valence-corrected chi connectivity index (χ2v) is 9.89. The highest BCUT2D eigenvalue weighted by atomic mass is 79.9. The quantitative estimate of drug-likeness (QED) is 0.504. The molecule has 3 aromatic rings. The Kier molecular flexibility index (Phi) is 5.10. The lowest BCUT2D eigenvalue weighted by molar-refractivity contribution is -0.195. The maximum absolute atomic E-state index is 13.7. The van der Waals surface area contributed by atoms with Gasteiger partial charge in [-0.1, -0.05) is 52.3 Å².